The average molecular weight is 789 g/mol. The van der Waals surface area contributed by atoms with Crippen LogP contribution in [0.3, 0.4) is 0 Å². The maximum absolute atomic E-state index is 6.44. The van der Waals surface area contributed by atoms with Gasteiger partial charge < -0.3 is 13.7 Å². The van der Waals surface area contributed by atoms with E-state index in [1.807, 2.05) is 42.5 Å². The number of rotatable bonds is 4. The van der Waals surface area contributed by atoms with E-state index in [1.165, 1.54) is 16.7 Å². The van der Waals surface area contributed by atoms with Crippen LogP contribution in [0.25, 0.3) is 66.3 Å². The first-order valence-corrected chi connectivity index (χ1v) is 15.3. The Balaban J connectivity index is 0.00000324. The van der Waals surface area contributed by atoms with Crippen molar-refractivity contribution in [2.45, 2.75) is 20.8 Å². The summed E-state index contributed by atoms with van der Waals surface area (Å²) in [6.45, 7) is 6.39. The zero-order chi connectivity index (χ0) is 30.9. The van der Waals surface area contributed by atoms with Crippen LogP contribution in [-0.2, 0) is 21.1 Å². The molecular weight excluding hydrogens is 762 g/mol. The van der Waals surface area contributed by atoms with Gasteiger partial charge in [-0.3, -0.25) is 0 Å². The van der Waals surface area contributed by atoms with Crippen molar-refractivity contribution in [2.24, 2.45) is 0 Å². The van der Waals surface area contributed by atoms with Crippen molar-refractivity contribution < 1.29 is 25.8 Å². The van der Waals surface area contributed by atoms with Gasteiger partial charge in [0.2, 0.25) is 5.88 Å². The summed E-state index contributed by atoms with van der Waals surface area (Å²) in [6.07, 6.45) is 0. The van der Waals surface area contributed by atoms with Crippen molar-refractivity contribution >= 4 is 49.3 Å². The molecule has 0 aliphatic heterocycles. The van der Waals surface area contributed by atoms with E-state index in [1.54, 1.807) is 0 Å². The maximum atomic E-state index is 6.44. The molecule has 9 rings (SSSR count). The molecule has 0 aliphatic carbocycles. The van der Waals surface area contributed by atoms with Crippen molar-refractivity contribution in [2.75, 3.05) is 0 Å². The standard InChI is InChI=1S/C40H27N5O.Pt/c1-24-21-25(2)37(26(3)22-24)40-43-42-39-33-23-28(17-18-29(33)30-13-7-10-16-35(30)45(39)40)46-36-20-19-32-31-14-8-9-15-34(31)44(38(32)41-36)27-11-5-4-6-12-27;/h4-11,13-22H,1-3H3;/q-2;+2. The van der Waals surface area contributed by atoms with Crippen LogP contribution in [0.1, 0.15) is 16.7 Å². The van der Waals surface area contributed by atoms with Gasteiger partial charge in [-0.2, -0.15) is 34.3 Å². The molecule has 6 nitrogen and oxygen atoms in total. The zero-order valence-electron chi connectivity index (χ0n) is 25.9. The third-order valence-corrected chi connectivity index (χ3v) is 8.79. The van der Waals surface area contributed by atoms with E-state index in [0.29, 0.717) is 11.6 Å². The van der Waals surface area contributed by atoms with Crippen LogP contribution in [0.2, 0.25) is 0 Å². The number of pyridine rings is 2. The average Bonchev–Trinajstić information content (AvgIpc) is 3.65. The molecule has 228 valence electrons. The zero-order valence-corrected chi connectivity index (χ0v) is 28.1. The van der Waals surface area contributed by atoms with E-state index in [4.69, 9.17) is 19.9 Å². The molecule has 0 saturated carbocycles. The van der Waals surface area contributed by atoms with Crippen LogP contribution < -0.4 is 4.74 Å². The van der Waals surface area contributed by atoms with Crippen LogP contribution in [0.5, 0.6) is 11.6 Å². The van der Waals surface area contributed by atoms with Crippen LogP contribution in [0, 0.1) is 32.9 Å². The second kappa shape index (κ2) is 11.2. The predicted octanol–water partition coefficient (Wildman–Crippen LogP) is 9.51. The maximum Gasteiger partial charge on any atom is 2.00 e. The Bertz CT molecular complexity index is 2630. The molecule has 0 aliphatic rings. The van der Waals surface area contributed by atoms with E-state index in [2.05, 4.69) is 109 Å². The Kier molecular flexibility index (Phi) is 6.92. The SMILES string of the molecule is Cc1cc(C)c(-c2nnc3c4[c-]c(Oc5ccc6c7ccccc7n(-c7[c-]cccc7)c6n5)ccc4c4ccccc4n23)c(C)c1.[Pt+2]. The second-order valence-electron chi connectivity index (χ2n) is 11.8. The number of hydrogen-bond acceptors (Lipinski definition) is 4. The largest absolute Gasteiger partial charge is 2.00 e. The van der Waals surface area contributed by atoms with E-state index in [9.17, 15) is 0 Å². The molecule has 0 fully saturated rings. The quantitative estimate of drug-likeness (QED) is 0.132. The normalized spacial score (nSPS) is 11.6. The van der Waals surface area contributed by atoms with Crippen molar-refractivity contribution in [1.29, 1.82) is 0 Å². The molecule has 4 heterocycles. The summed E-state index contributed by atoms with van der Waals surface area (Å²) >= 11 is 0. The number of fused-ring (bicyclic) bond motifs is 9. The minimum absolute atomic E-state index is 0. The fourth-order valence-corrected chi connectivity index (χ4v) is 6.96. The second-order valence-corrected chi connectivity index (χ2v) is 11.8. The molecule has 9 aromatic rings. The van der Waals surface area contributed by atoms with E-state index in [-0.39, 0.29) is 21.1 Å². The summed E-state index contributed by atoms with van der Waals surface area (Å²) in [6, 6.07) is 44.0. The molecule has 0 unspecified atom stereocenters. The molecule has 5 aromatic carbocycles. The van der Waals surface area contributed by atoms with Gasteiger partial charge in [0.25, 0.3) is 0 Å². The Morgan fingerprint density at radius 1 is 0.660 bits per heavy atom. The van der Waals surface area contributed by atoms with E-state index in [0.717, 1.165) is 66.3 Å². The number of hydrogen-bond donors (Lipinski definition) is 0. The molecule has 0 spiro atoms. The summed E-state index contributed by atoms with van der Waals surface area (Å²) in [7, 11) is 0. The van der Waals surface area contributed by atoms with Crippen LogP contribution in [0.15, 0.2) is 109 Å². The first kappa shape index (κ1) is 29.1. The Hall–Kier alpha value is -5.32. The van der Waals surface area contributed by atoms with E-state index < -0.39 is 0 Å². The fourth-order valence-electron chi connectivity index (χ4n) is 6.96. The minimum atomic E-state index is 0. The monoisotopic (exact) mass is 788 g/mol. The molecule has 0 N–H and O–H groups in total. The topological polar surface area (TPSA) is 57.2 Å². The number of ether oxygens (including phenoxy) is 1. The summed E-state index contributed by atoms with van der Waals surface area (Å²) in [5.41, 5.74) is 9.24. The first-order chi connectivity index (χ1) is 22.5. The molecule has 0 atom stereocenters. The first-order valence-electron chi connectivity index (χ1n) is 15.3. The Morgan fingerprint density at radius 3 is 2.13 bits per heavy atom. The summed E-state index contributed by atoms with van der Waals surface area (Å²) < 4.78 is 10.7. The van der Waals surface area contributed by atoms with Gasteiger partial charge in [-0.15, -0.1) is 17.2 Å². The summed E-state index contributed by atoms with van der Waals surface area (Å²) in [5.74, 6) is 1.85. The molecule has 0 bridgehead atoms. The minimum Gasteiger partial charge on any atom is -0.459 e. The third kappa shape index (κ3) is 4.55. The van der Waals surface area contributed by atoms with Crippen molar-refractivity contribution in [3.8, 4) is 28.7 Å². The van der Waals surface area contributed by atoms with Gasteiger partial charge in [-0.05, 0) is 55.5 Å². The third-order valence-electron chi connectivity index (χ3n) is 8.79. The Labute approximate surface area is 285 Å². The Morgan fingerprint density at radius 2 is 1.36 bits per heavy atom. The van der Waals surface area contributed by atoms with Gasteiger partial charge in [0.1, 0.15) is 5.65 Å². The van der Waals surface area contributed by atoms with Gasteiger partial charge in [0.15, 0.2) is 5.82 Å². The van der Waals surface area contributed by atoms with Gasteiger partial charge in [0, 0.05) is 33.7 Å². The van der Waals surface area contributed by atoms with E-state index >= 15 is 0 Å². The molecule has 47 heavy (non-hydrogen) atoms. The number of benzene rings is 5. The van der Waals surface area contributed by atoms with Gasteiger partial charge in [0.05, 0.1) is 11.2 Å². The predicted molar refractivity (Wildman–Crippen MR) is 184 cm³/mol. The molecule has 4 aromatic heterocycles. The van der Waals surface area contributed by atoms with Crippen molar-refractivity contribution in [3.63, 3.8) is 0 Å². The molecule has 0 amide bonds. The van der Waals surface area contributed by atoms with Gasteiger partial charge >= 0.3 is 21.1 Å². The number of para-hydroxylation sites is 3. The smallest absolute Gasteiger partial charge is 0.459 e. The molecule has 7 heteroatoms. The van der Waals surface area contributed by atoms with Crippen molar-refractivity contribution in [1.82, 2.24) is 24.1 Å². The molecular formula is C40H27N5OPt. The number of nitrogens with zero attached hydrogens (tertiary/aromatic N) is 5. The number of aryl methyl sites for hydroxylation is 3. The summed E-state index contributed by atoms with van der Waals surface area (Å²) in [5, 5.41) is 14.6. The van der Waals surface area contributed by atoms with Crippen LogP contribution in [-0.4, -0.2) is 24.1 Å². The van der Waals surface area contributed by atoms with Gasteiger partial charge in [-0.1, -0.05) is 82.7 Å². The van der Waals surface area contributed by atoms with Gasteiger partial charge in [-0.25, -0.2) is 0 Å². The molecule has 0 saturated heterocycles. The van der Waals surface area contributed by atoms with Crippen molar-refractivity contribution in [3.05, 3.63) is 138 Å². The number of aromatic nitrogens is 5. The van der Waals surface area contributed by atoms with Crippen LogP contribution in [0.4, 0.5) is 0 Å². The van der Waals surface area contributed by atoms with Crippen LogP contribution >= 0.6 is 0 Å². The fraction of sp³-hybridized carbons (Fsp3) is 0.0750. The molecule has 0 radical (unpaired) electrons. The summed E-state index contributed by atoms with van der Waals surface area (Å²) in [4.78, 5) is 5.01.